The van der Waals surface area contributed by atoms with Crippen LogP contribution < -0.4 is 0 Å². The summed E-state index contributed by atoms with van der Waals surface area (Å²) in [6.45, 7) is 3.51. The van der Waals surface area contributed by atoms with Gasteiger partial charge >= 0.3 is 39.5 Å². The predicted octanol–water partition coefficient (Wildman–Crippen LogP) is 3.65. The van der Waals surface area contributed by atoms with E-state index in [0.717, 1.165) is 20.8 Å². The van der Waals surface area contributed by atoms with Gasteiger partial charge in [0.1, 0.15) is 5.60 Å². The molecule has 1 unspecified atom stereocenters. The maximum atomic E-state index is 14.3. The van der Waals surface area contributed by atoms with Crippen LogP contribution in [0.5, 0.6) is 0 Å². The highest BCUT2D eigenvalue weighted by Crippen LogP contribution is 2.52. The van der Waals surface area contributed by atoms with Crippen molar-refractivity contribution >= 4 is 21.9 Å². The standard InChI is InChI=1S/C13H15F9O6S/c1-6(23)9(5,7(24)27-8(2,3)4)12(19,20)28-29(25,26)13(21,22)10(14,15)11(16,17)18/h1-5H3. The van der Waals surface area contributed by atoms with Crippen molar-refractivity contribution in [1.29, 1.82) is 0 Å². The molecule has 0 rings (SSSR count). The number of ether oxygens (including phenoxy) is 1. The summed E-state index contributed by atoms with van der Waals surface area (Å²) in [5.74, 6) is -11.5. The quantitative estimate of drug-likeness (QED) is 0.244. The first kappa shape index (κ1) is 27.4. The summed E-state index contributed by atoms with van der Waals surface area (Å²) in [4.78, 5) is 23.5. The van der Waals surface area contributed by atoms with Crippen LogP contribution in [0.25, 0.3) is 0 Å². The van der Waals surface area contributed by atoms with Crippen LogP contribution in [-0.2, 0) is 28.6 Å². The Bertz CT molecular complexity index is 767. The van der Waals surface area contributed by atoms with Gasteiger partial charge in [-0.05, 0) is 34.6 Å². The Labute approximate surface area is 158 Å². The average molecular weight is 470 g/mol. The van der Waals surface area contributed by atoms with Gasteiger partial charge < -0.3 is 4.74 Å². The van der Waals surface area contributed by atoms with Gasteiger partial charge in [0.05, 0.1) is 0 Å². The third kappa shape index (κ3) is 4.78. The lowest BCUT2D eigenvalue weighted by atomic mass is 9.84. The van der Waals surface area contributed by atoms with Gasteiger partial charge in [-0.15, -0.1) is 0 Å². The second-order valence-electron chi connectivity index (χ2n) is 6.83. The summed E-state index contributed by atoms with van der Waals surface area (Å²) >= 11 is 0. The fourth-order valence-electron chi connectivity index (χ4n) is 1.44. The van der Waals surface area contributed by atoms with Crippen molar-refractivity contribution in [3.8, 4) is 0 Å². The second-order valence-corrected chi connectivity index (χ2v) is 8.41. The summed E-state index contributed by atoms with van der Waals surface area (Å²) in [6, 6.07) is 0. The van der Waals surface area contributed by atoms with Crippen molar-refractivity contribution in [1.82, 2.24) is 0 Å². The van der Waals surface area contributed by atoms with Crippen LogP contribution in [0.4, 0.5) is 39.5 Å². The van der Waals surface area contributed by atoms with Gasteiger partial charge in [0.15, 0.2) is 5.78 Å². The molecule has 0 aliphatic heterocycles. The zero-order valence-corrected chi connectivity index (χ0v) is 16.1. The number of alkyl halides is 9. The molecule has 0 bridgehead atoms. The molecule has 0 aliphatic rings. The first-order valence-corrected chi connectivity index (χ1v) is 8.58. The minimum absolute atomic E-state index is 0.0288. The molecule has 0 aromatic heterocycles. The molecule has 0 aromatic carbocycles. The second kappa shape index (κ2) is 7.28. The number of Topliss-reactive ketones (excluding diaryl/α,β-unsaturated/α-hetero) is 1. The Morgan fingerprint density at radius 3 is 1.45 bits per heavy atom. The molecule has 0 fully saturated rings. The number of halogens is 9. The SMILES string of the molecule is CC(=O)C(C)(C(=O)OC(C)(C)C)C(F)(F)OS(=O)(=O)C(F)(F)C(F)(F)C(F)(F)F. The highest BCUT2D eigenvalue weighted by atomic mass is 32.2. The third-order valence-electron chi connectivity index (χ3n) is 3.34. The van der Waals surface area contributed by atoms with E-state index in [-0.39, 0.29) is 13.8 Å². The molecule has 0 aliphatic carbocycles. The smallest absolute Gasteiger partial charge is 0.459 e. The van der Waals surface area contributed by atoms with Gasteiger partial charge in [0.25, 0.3) is 0 Å². The Hall–Kier alpha value is -1.58. The van der Waals surface area contributed by atoms with Crippen LogP contribution in [-0.4, -0.2) is 49.2 Å². The van der Waals surface area contributed by atoms with E-state index in [1.165, 1.54) is 0 Å². The summed E-state index contributed by atoms with van der Waals surface area (Å²) in [7, 11) is -7.77. The first-order chi connectivity index (χ1) is 12.3. The zero-order chi connectivity index (χ0) is 24.1. The molecule has 0 N–H and O–H groups in total. The van der Waals surface area contributed by atoms with E-state index in [9.17, 15) is 57.5 Å². The molecule has 0 heterocycles. The van der Waals surface area contributed by atoms with Gasteiger partial charge in [-0.3, -0.25) is 9.59 Å². The molecule has 16 heteroatoms. The Morgan fingerprint density at radius 1 is 0.793 bits per heavy atom. The molecule has 6 nitrogen and oxygen atoms in total. The summed E-state index contributed by atoms with van der Waals surface area (Å²) in [5, 5.41) is -7.24. The summed E-state index contributed by atoms with van der Waals surface area (Å²) in [5.41, 5.74) is -5.59. The molecule has 0 spiro atoms. The van der Waals surface area contributed by atoms with Crippen LogP contribution in [0.15, 0.2) is 0 Å². The van der Waals surface area contributed by atoms with E-state index in [1.807, 2.05) is 0 Å². The van der Waals surface area contributed by atoms with Gasteiger partial charge in [-0.2, -0.15) is 52.1 Å². The molecule has 29 heavy (non-hydrogen) atoms. The molecule has 0 radical (unpaired) electrons. The van der Waals surface area contributed by atoms with E-state index in [0.29, 0.717) is 0 Å². The number of carbonyl (C=O) groups excluding carboxylic acids is 2. The highest BCUT2D eigenvalue weighted by Gasteiger charge is 2.81. The zero-order valence-electron chi connectivity index (χ0n) is 15.3. The fraction of sp³-hybridized carbons (Fsp3) is 0.846. The van der Waals surface area contributed by atoms with Crippen LogP contribution >= 0.6 is 0 Å². The Kier molecular flexibility index (Phi) is 6.88. The van der Waals surface area contributed by atoms with E-state index < -0.39 is 56.3 Å². The van der Waals surface area contributed by atoms with Crippen molar-refractivity contribution in [2.75, 3.05) is 0 Å². The minimum Gasteiger partial charge on any atom is -0.459 e. The monoisotopic (exact) mass is 470 g/mol. The summed E-state index contributed by atoms with van der Waals surface area (Å²) in [6.07, 6.45) is -13.0. The van der Waals surface area contributed by atoms with E-state index >= 15 is 0 Å². The Balaban J connectivity index is 6.39. The lowest BCUT2D eigenvalue weighted by Gasteiger charge is -2.35. The molecule has 0 amide bonds. The lowest BCUT2D eigenvalue weighted by Crippen LogP contribution is -2.60. The number of hydrogen-bond donors (Lipinski definition) is 0. The van der Waals surface area contributed by atoms with Crippen LogP contribution in [0, 0.1) is 5.41 Å². The molecule has 0 aromatic rings. The van der Waals surface area contributed by atoms with Gasteiger partial charge in [-0.1, -0.05) is 0 Å². The molecule has 172 valence electrons. The first-order valence-electron chi connectivity index (χ1n) is 7.18. The number of carbonyl (C=O) groups is 2. The van der Waals surface area contributed by atoms with Gasteiger partial charge in [-0.25, -0.2) is 0 Å². The number of ketones is 1. The van der Waals surface area contributed by atoms with Crippen molar-refractivity contribution in [2.45, 2.75) is 63.7 Å². The molecule has 1 atom stereocenters. The molecule has 0 saturated heterocycles. The topological polar surface area (TPSA) is 86.7 Å². The van der Waals surface area contributed by atoms with Crippen molar-refractivity contribution in [3.05, 3.63) is 0 Å². The number of hydrogen-bond acceptors (Lipinski definition) is 6. The van der Waals surface area contributed by atoms with Gasteiger partial charge in [0, 0.05) is 0 Å². The van der Waals surface area contributed by atoms with Crippen molar-refractivity contribution < 1.29 is 66.4 Å². The van der Waals surface area contributed by atoms with Gasteiger partial charge in [0.2, 0.25) is 5.41 Å². The predicted molar refractivity (Wildman–Crippen MR) is 75.5 cm³/mol. The lowest BCUT2D eigenvalue weighted by molar-refractivity contribution is -0.336. The van der Waals surface area contributed by atoms with Crippen LogP contribution in [0.2, 0.25) is 0 Å². The van der Waals surface area contributed by atoms with E-state index in [4.69, 9.17) is 0 Å². The number of esters is 1. The van der Waals surface area contributed by atoms with Crippen LogP contribution in [0.1, 0.15) is 34.6 Å². The van der Waals surface area contributed by atoms with E-state index in [2.05, 4.69) is 8.92 Å². The molecular formula is C13H15F9O6S. The normalized spacial score (nSPS) is 16.9. The average Bonchev–Trinajstić information content (AvgIpc) is 2.40. The maximum Gasteiger partial charge on any atom is 0.461 e. The van der Waals surface area contributed by atoms with Crippen LogP contribution in [0.3, 0.4) is 0 Å². The van der Waals surface area contributed by atoms with E-state index in [1.54, 1.807) is 0 Å². The van der Waals surface area contributed by atoms with Crippen molar-refractivity contribution in [2.24, 2.45) is 5.41 Å². The third-order valence-corrected chi connectivity index (χ3v) is 4.66. The molecule has 0 saturated carbocycles. The number of rotatable bonds is 7. The fourth-order valence-corrected chi connectivity index (χ4v) is 2.42. The summed E-state index contributed by atoms with van der Waals surface area (Å²) < 4.78 is 147. The molecular weight excluding hydrogens is 455 g/mol. The highest BCUT2D eigenvalue weighted by molar-refractivity contribution is 7.87. The maximum absolute atomic E-state index is 14.3. The largest absolute Gasteiger partial charge is 0.461 e. The Morgan fingerprint density at radius 2 is 1.17 bits per heavy atom. The van der Waals surface area contributed by atoms with Crippen molar-refractivity contribution in [3.63, 3.8) is 0 Å². The minimum atomic E-state index is -7.77.